The topological polar surface area (TPSA) is 68.3 Å². The van der Waals surface area contributed by atoms with Crippen molar-refractivity contribution < 1.29 is 9.21 Å². The fourth-order valence-corrected chi connectivity index (χ4v) is 4.33. The predicted molar refractivity (Wildman–Crippen MR) is 118 cm³/mol. The summed E-state index contributed by atoms with van der Waals surface area (Å²) in [5.74, 6) is -0.0658. The maximum Gasteiger partial charge on any atom is 0.290 e. The molecule has 6 heteroatoms. The van der Waals surface area contributed by atoms with Crippen LogP contribution in [0.3, 0.4) is 0 Å². The molecule has 6 nitrogen and oxygen atoms in total. The Bertz CT molecular complexity index is 1320. The largest absolute Gasteiger partial charge is 0.450 e. The molecule has 0 aliphatic carbocycles. The normalized spacial score (nSPS) is 15.6. The number of benzene rings is 2. The van der Waals surface area contributed by atoms with Crippen LogP contribution in [-0.2, 0) is 6.54 Å². The number of fused-ring (bicyclic) bond motifs is 2. The SMILES string of the molecule is Cc1cc2oc3c(c(=O)c2cc1C)[C@@H](c1ccccc1)N(CCCn1ccnc1)C3=O. The number of amides is 1. The monoisotopic (exact) mass is 413 g/mol. The standard InChI is InChI=1S/C25H23N3O3/c1-16-13-19-20(14-17(16)2)31-24-21(23(19)29)22(18-7-4-3-5-8-18)28(25(24)30)11-6-10-27-12-9-26-15-27/h3-5,7-9,12-15,22H,6,10-11H2,1-2H3/t22-/m1/s1. The Kier molecular flexibility index (Phi) is 4.70. The van der Waals surface area contributed by atoms with Crippen LogP contribution in [0.4, 0.5) is 0 Å². The fraction of sp³-hybridized carbons (Fsp3) is 0.240. The highest BCUT2D eigenvalue weighted by Gasteiger charge is 2.42. The summed E-state index contributed by atoms with van der Waals surface area (Å²) in [7, 11) is 0. The van der Waals surface area contributed by atoms with E-state index in [0.717, 1.165) is 29.7 Å². The quantitative estimate of drug-likeness (QED) is 0.491. The van der Waals surface area contributed by atoms with Gasteiger partial charge in [0.2, 0.25) is 5.76 Å². The van der Waals surface area contributed by atoms with Crippen LogP contribution in [0, 0.1) is 13.8 Å². The zero-order valence-electron chi connectivity index (χ0n) is 17.5. The van der Waals surface area contributed by atoms with Gasteiger partial charge in [-0.05, 0) is 49.1 Å². The van der Waals surface area contributed by atoms with Gasteiger partial charge in [-0.1, -0.05) is 30.3 Å². The zero-order valence-corrected chi connectivity index (χ0v) is 17.5. The smallest absolute Gasteiger partial charge is 0.290 e. The average molecular weight is 413 g/mol. The van der Waals surface area contributed by atoms with Gasteiger partial charge in [-0.2, -0.15) is 0 Å². The lowest BCUT2D eigenvalue weighted by molar-refractivity contribution is 0.0723. The third-order valence-corrected chi connectivity index (χ3v) is 6.07. The molecule has 0 unspecified atom stereocenters. The maximum atomic E-state index is 13.6. The average Bonchev–Trinajstić information content (AvgIpc) is 3.38. The van der Waals surface area contributed by atoms with Gasteiger partial charge in [0.05, 0.1) is 23.3 Å². The Morgan fingerprint density at radius 1 is 1.03 bits per heavy atom. The van der Waals surface area contributed by atoms with Gasteiger partial charge >= 0.3 is 0 Å². The van der Waals surface area contributed by atoms with E-state index in [1.807, 2.05) is 67.1 Å². The molecule has 4 aromatic rings. The third kappa shape index (κ3) is 3.24. The van der Waals surface area contributed by atoms with Crippen molar-refractivity contribution in [1.82, 2.24) is 14.5 Å². The third-order valence-electron chi connectivity index (χ3n) is 6.07. The molecule has 1 atom stereocenters. The minimum atomic E-state index is -0.450. The molecule has 0 saturated heterocycles. The molecule has 2 aromatic carbocycles. The van der Waals surface area contributed by atoms with E-state index in [0.29, 0.717) is 23.1 Å². The van der Waals surface area contributed by atoms with Gasteiger partial charge in [0, 0.05) is 25.5 Å². The number of aryl methyl sites for hydroxylation is 3. The molecule has 0 saturated carbocycles. The summed E-state index contributed by atoms with van der Waals surface area (Å²) in [6.07, 6.45) is 6.14. The van der Waals surface area contributed by atoms with Crippen molar-refractivity contribution in [1.29, 1.82) is 0 Å². The summed E-state index contributed by atoms with van der Waals surface area (Å²) in [4.78, 5) is 32.8. The molecule has 1 aliphatic rings. The van der Waals surface area contributed by atoms with Gasteiger partial charge in [0.15, 0.2) is 5.43 Å². The highest BCUT2D eigenvalue weighted by atomic mass is 16.3. The lowest BCUT2D eigenvalue weighted by Crippen LogP contribution is -2.31. The van der Waals surface area contributed by atoms with E-state index in [2.05, 4.69) is 4.98 Å². The van der Waals surface area contributed by atoms with E-state index in [4.69, 9.17) is 4.42 Å². The molecule has 0 fully saturated rings. The predicted octanol–water partition coefficient (Wildman–Crippen LogP) is 4.24. The summed E-state index contributed by atoms with van der Waals surface area (Å²) in [5, 5.41) is 0.524. The van der Waals surface area contributed by atoms with Crippen LogP contribution in [0.25, 0.3) is 11.0 Å². The van der Waals surface area contributed by atoms with Crippen molar-refractivity contribution in [3.05, 3.63) is 99.4 Å². The van der Waals surface area contributed by atoms with Crippen LogP contribution < -0.4 is 5.43 Å². The Morgan fingerprint density at radius 2 is 1.81 bits per heavy atom. The number of hydrogen-bond donors (Lipinski definition) is 0. The van der Waals surface area contributed by atoms with E-state index in [1.54, 1.807) is 17.4 Å². The van der Waals surface area contributed by atoms with Crippen LogP contribution in [0.15, 0.2) is 70.4 Å². The number of nitrogens with zero attached hydrogens (tertiary/aromatic N) is 3. The molecule has 0 spiro atoms. The van der Waals surface area contributed by atoms with Crippen LogP contribution >= 0.6 is 0 Å². The second kappa shape index (κ2) is 7.54. The zero-order chi connectivity index (χ0) is 21.5. The Morgan fingerprint density at radius 3 is 2.55 bits per heavy atom. The van der Waals surface area contributed by atoms with Gasteiger partial charge in [-0.25, -0.2) is 4.98 Å². The van der Waals surface area contributed by atoms with Crippen molar-refractivity contribution >= 4 is 16.9 Å². The number of aromatic nitrogens is 2. The number of carbonyl (C=O) groups excluding carboxylic acids is 1. The molecule has 1 amide bonds. The highest BCUT2D eigenvalue weighted by Crippen LogP contribution is 2.38. The van der Waals surface area contributed by atoms with Crippen molar-refractivity contribution in [2.75, 3.05) is 6.54 Å². The maximum absolute atomic E-state index is 13.6. The summed E-state index contributed by atoms with van der Waals surface area (Å²) >= 11 is 0. The number of imidazole rings is 1. The summed E-state index contributed by atoms with van der Waals surface area (Å²) in [5.41, 5.74) is 3.74. The molecule has 0 bridgehead atoms. The molecule has 5 rings (SSSR count). The summed E-state index contributed by atoms with van der Waals surface area (Å²) in [6, 6.07) is 13.0. The number of rotatable bonds is 5. The molecule has 31 heavy (non-hydrogen) atoms. The summed E-state index contributed by atoms with van der Waals surface area (Å²) in [6.45, 7) is 5.20. The Balaban J connectivity index is 1.61. The lowest BCUT2D eigenvalue weighted by atomic mass is 9.97. The number of carbonyl (C=O) groups is 1. The first kappa shape index (κ1) is 19.3. The molecule has 156 valence electrons. The second-order valence-corrected chi connectivity index (χ2v) is 8.07. The van der Waals surface area contributed by atoms with E-state index >= 15 is 0 Å². The van der Waals surface area contributed by atoms with Gasteiger partial charge in [-0.3, -0.25) is 9.59 Å². The highest BCUT2D eigenvalue weighted by molar-refractivity contribution is 5.99. The van der Waals surface area contributed by atoms with Crippen LogP contribution in [0.1, 0.15) is 45.3 Å². The first-order valence-corrected chi connectivity index (χ1v) is 10.4. The van der Waals surface area contributed by atoms with Crippen molar-refractivity contribution in [2.45, 2.75) is 32.9 Å². The van der Waals surface area contributed by atoms with Crippen molar-refractivity contribution in [2.24, 2.45) is 0 Å². The van der Waals surface area contributed by atoms with Crippen LogP contribution in [0.5, 0.6) is 0 Å². The molecule has 1 aliphatic heterocycles. The van der Waals surface area contributed by atoms with Crippen molar-refractivity contribution in [3.63, 3.8) is 0 Å². The first-order valence-electron chi connectivity index (χ1n) is 10.4. The molecule has 0 radical (unpaired) electrons. The molecular formula is C25H23N3O3. The van der Waals surface area contributed by atoms with Gasteiger partial charge in [0.25, 0.3) is 5.91 Å². The van der Waals surface area contributed by atoms with E-state index < -0.39 is 6.04 Å². The lowest BCUT2D eigenvalue weighted by Gasteiger charge is -2.25. The van der Waals surface area contributed by atoms with E-state index in [9.17, 15) is 9.59 Å². The molecule has 3 heterocycles. The molecular weight excluding hydrogens is 390 g/mol. The number of hydrogen-bond acceptors (Lipinski definition) is 4. The van der Waals surface area contributed by atoms with E-state index in [-0.39, 0.29) is 17.1 Å². The van der Waals surface area contributed by atoms with Crippen LogP contribution in [0.2, 0.25) is 0 Å². The fourth-order valence-electron chi connectivity index (χ4n) is 4.33. The minimum absolute atomic E-state index is 0.126. The van der Waals surface area contributed by atoms with E-state index in [1.165, 1.54) is 0 Å². The van der Waals surface area contributed by atoms with Crippen LogP contribution in [-0.4, -0.2) is 26.9 Å². The summed E-state index contributed by atoms with van der Waals surface area (Å²) < 4.78 is 8.04. The van der Waals surface area contributed by atoms with Gasteiger partial charge in [0.1, 0.15) is 5.58 Å². The van der Waals surface area contributed by atoms with Gasteiger partial charge < -0.3 is 13.9 Å². The first-order chi connectivity index (χ1) is 15.0. The van der Waals surface area contributed by atoms with Gasteiger partial charge in [-0.15, -0.1) is 0 Å². The Labute approximate surface area is 179 Å². The molecule has 0 N–H and O–H groups in total. The Hall–Kier alpha value is -3.67. The van der Waals surface area contributed by atoms with Crippen molar-refractivity contribution in [3.8, 4) is 0 Å². The molecule has 2 aromatic heterocycles. The minimum Gasteiger partial charge on any atom is -0.450 e. The second-order valence-electron chi connectivity index (χ2n) is 8.07.